The zero-order valence-electron chi connectivity index (χ0n) is 15.9. The Balaban J connectivity index is 1.69. The third-order valence-electron chi connectivity index (χ3n) is 4.40. The Morgan fingerprint density at radius 1 is 1.15 bits per heavy atom. The van der Waals surface area contributed by atoms with E-state index < -0.39 is 0 Å². The number of nitrogens with zero attached hydrogens (tertiary/aromatic N) is 1. The molecule has 1 atom stereocenters. The van der Waals surface area contributed by atoms with Crippen molar-refractivity contribution < 1.29 is 13.9 Å². The number of oxazole rings is 1. The summed E-state index contributed by atoms with van der Waals surface area (Å²) < 4.78 is 11.5. The van der Waals surface area contributed by atoms with Crippen molar-refractivity contribution >= 4 is 5.91 Å². The van der Waals surface area contributed by atoms with E-state index in [1.165, 1.54) is 0 Å². The summed E-state index contributed by atoms with van der Waals surface area (Å²) in [6.45, 7) is 6.24. The number of rotatable bonds is 7. The van der Waals surface area contributed by atoms with Gasteiger partial charge < -0.3 is 14.5 Å². The fourth-order valence-corrected chi connectivity index (χ4v) is 2.53. The molecule has 1 heterocycles. The molecule has 0 aliphatic carbocycles. The highest BCUT2D eigenvalue weighted by atomic mass is 16.5. The van der Waals surface area contributed by atoms with Crippen molar-refractivity contribution in [2.75, 3.05) is 0 Å². The molecule has 0 aliphatic rings. The summed E-state index contributed by atoms with van der Waals surface area (Å²) in [4.78, 5) is 16.7. The van der Waals surface area contributed by atoms with E-state index in [4.69, 9.17) is 9.15 Å². The topological polar surface area (TPSA) is 64.4 Å². The molecule has 5 heteroatoms. The standard InChI is InChI=1S/C22H24N2O3/c1-4-15(2)23-21(25)17-10-12-18(13-11-17)22-24-20(16(3)27-22)14-26-19-8-6-5-7-9-19/h5-13,15H,4,14H2,1-3H3,(H,23,25)/t15-/m0/s1. The Morgan fingerprint density at radius 2 is 1.85 bits per heavy atom. The summed E-state index contributed by atoms with van der Waals surface area (Å²) >= 11 is 0. The number of carbonyl (C=O) groups is 1. The first-order valence-electron chi connectivity index (χ1n) is 9.12. The average molecular weight is 364 g/mol. The van der Waals surface area contributed by atoms with Gasteiger partial charge in [-0.05, 0) is 56.7 Å². The van der Waals surface area contributed by atoms with Crippen LogP contribution in [-0.4, -0.2) is 16.9 Å². The zero-order chi connectivity index (χ0) is 19.2. The zero-order valence-corrected chi connectivity index (χ0v) is 15.9. The molecule has 0 unspecified atom stereocenters. The van der Waals surface area contributed by atoms with Gasteiger partial charge in [0.15, 0.2) is 0 Å². The summed E-state index contributed by atoms with van der Waals surface area (Å²) in [5.41, 5.74) is 2.20. The summed E-state index contributed by atoms with van der Waals surface area (Å²) in [6, 6.07) is 17.0. The molecule has 1 N–H and O–H groups in total. The van der Waals surface area contributed by atoms with Crippen LogP contribution >= 0.6 is 0 Å². The summed E-state index contributed by atoms with van der Waals surface area (Å²) in [5, 5.41) is 2.96. The van der Waals surface area contributed by atoms with Gasteiger partial charge in [-0.2, -0.15) is 0 Å². The van der Waals surface area contributed by atoms with Gasteiger partial charge in [0.1, 0.15) is 23.8 Å². The molecule has 5 nitrogen and oxygen atoms in total. The van der Waals surface area contributed by atoms with Crippen molar-refractivity contribution in [3.63, 3.8) is 0 Å². The Bertz CT molecular complexity index is 886. The summed E-state index contributed by atoms with van der Waals surface area (Å²) in [7, 11) is 0. The number of aryl methyl sites for hydroxylation is 1. The molecule has 2 aromatic carbocycles. The smallest absolute Gasteiger partial charge is 0.251 e. The first kappa shape index (κ1) is 18.7. The van der Waals surface area contributed by atoms with E-state index in [0.717, 1.165) is 29.2 Å². The van der Waals surface area contributed by atoms with Crippen molar-refractivity contribution in [2.24, 2.45) is 0 Å². The van der Waals surface area contributed by atoms with Crippen LogP contribution in [0.4, 0.5) is 0 Å². The van der Waals surface area contributed by atoms with Crippen LogP contribution < -0.4 is 10.1 Å². The maximum atomic E-state index is 12.2. The lowest BCUT2D eigenvalue weighted by Crippen LogP contribution is -2.31. The molecular weight excluding hydrogens is 340 g/mol. The van der Waals surface area contributed by atoms with Crippen LogP contribution in [0, 0.1) is 6.92 Å². The predicted octanol–water partition coefficient (Wildman–Crippen LogP) is 4.76. The van der Waals surface area contributed by atoms with Crippen LogP contribution in [0.5, 0.6) is 5.75 Å². The van der Waals surface area contributed by atoms with E-state index in [0.29, 0.717) is 18.1 Å². The van der Waals surface area contributed by atoms with E-state index >= 15 is 0 Å². The molecule has 0 radical (unpaired) electrons. The monoisotopic (exact) mass is 364 g/mol. The Hall–Kier alpha value is -3.08. The number of aromatic nitrogens is 1. The van der Waals surface area contributed by atoms with Crippen molar-refractivity contribution in [3.05, 3.63) is 71.6 Å². The van der Waals surface area contributed by atoms with Crippen molar-refractivity contribution in [3.8, 4) is 17.2 Å². The van der Waals surface area contributed by atoms with Gasteiger partial charge in [0.05, 0.1) is 0 Å². The van der Waals surface area contributed by atoms with E-state index in [1.807, 2.05) is 63.2 Å². The van der Waals surface area contributed by atoms with Gasteiger partial charge in [-0.1, -0.05) is 25.1 Å². The second kappa shape index (κ2) is 8.54. The molecule has 27 heavy (non-hydrogen) atoms. The van der Waals surface area contributed by atoms with Crippen molar-refractivity contribution in [1.29, 1.82) is 0 Å². The van der Waals surface area contributed by atoms with E-state index in [1.54, 1.807) is 12.1 Å². The van der Waals surface area contributed by atoms with Crippen LogP contribution in [0.15, 0.2) is 59.0 Å². The molecule has 1 aromatic heterocycles. The highest BCUT2D eigenvalue weighted by molar-refractivity contribution is 5.94. The number of carbonyl (C=O) groups excluding carboxylic acids is 1. The summed E-state index contributed by atoms with van der Waals surface area (Å²) in [5.74, 6) is 1.96. The van der Waals surface area contributed by atoms with Gasteiger partial charge in [-0.25, -0.2) is 4.98 Å². The molecule has 140 valence electrons. The highest BCUT2D eigenvalue weighted by Gasteiger charge is 2.14. The fraction of sp³-hybridized carbons (Fsp3) is 0.273. The van der Waals surface area contributed by atoms with E-state index in [9.17, 15) is 4.79 Å². The second-order valence-electron chi connectivity index (χ2n) is 6.48. The number of hydrogen-bond donors (Lipinski definition) is 1. The van der Waals surface area contributed by atoms with Crippen LogP contribution in [-0.2, 0) is 6.61 Å². The Morgan fingerprint density at radius 3 is 2.52 bits per heavy atom. The number of para-hydroxylation sites is 1. The lowest BCUT2D eigenvalue weighted by atomic mass is 10.1. The molecule has 0 saturated carbocycles. The number of benzene rings is 2. The lowest BCUT2D eigenvalue weighted by molar-refractivity contribution is 0.0939. The molecule has 0 bridgehead atoms. The minimum Gasteiger partial charge on any atom is -0.487 e. The quantitative estimate of drug-likeness (QED) is 0.657. The third-order valence-corrected chi connectivity index (χ3v) is 4.40. The van der Waals surface area contributed by atoms with E-state index in [2.05, 4.69) is 10.3 Å². The molecule has 0 fully saturated rings. The minimum absolute atomic E-state index is 0.0727. The molecule has 0 saturated heterocycles. The first-order chi connectivity index (χ1) is 13.1. The fourth-order valence-electron chi connectivity index (χ4n) is 2.53. The predicted molar refractivity (Wildman–Crippen MR) is 105 cm³/mol. The van der Waals surface area contributed by atoms with Gasteiger partial charge in [0, 0.05) is 17.2 Å². The number of nitrogens with one attached hydrogen (secondary N) is 1. The molecule has 1 amide bonds. The Kier molecular flexibility index (Phi) is 5.91. The molecule has 0 spiro atoms. The van der Waals surface area contributed by atoms with Crippen LogP contribution in [0.3, 0.4) is 0 Å². The third kappa shape index (κ3) is 4.76. The first-order valence-corrected chi connectivity index (χ1v) is 9.12. The normalized spacial score (nSPS) is 11.8. The van der Waals surface area contributed by atoms with Gasteiger partial charge in [-0.3, -0.25) is 4.79 Å². The average Bonchev–Trinajstić information content (AvgIpc) is 3.07. The molecule has 3 rings (SSSR count). The van der Waals surface area contributed by atoms with E-state index in [-0.39, 0.29) is 11.9 Å². The van der Waals surface area contributed by atoms with Crippen LogP contribution in [0.25, 0.3) is 11.5 Å². The molecule has 0 aliphatic heterocycles. The van der Waals surface area contributed by atoms with Crippen molar-refractivity contribution in [2.45, 2.75) is 39.8 Å². The molecule has 3 aromatic rings. The molecular formula is C22H24N2O3. The highest BCUT2D eigenvalue weighted by Crippen LogP contribution is 2.23. The second-order valence-corrected chi connectivity index (χ2v) is 6.48. The van der Waals surface area contributed by atoms with Gasteiger partial charge >= 0.3 is 0 Å². The Labute approximate surface area is 159 Å². The van der Waals surface area contributed by atoms with Gasteiger partial charge in [-0.15, -0.1) is 0 Å². The SMILES string of the molecule is CC[C@H](C)NC(=O)c1ccc(-c2nc(COc3ccccc3)c(C)o2)cc1. The van der Waals surface area contributed by atoms with Crippen LogP contribution in [0.2, 0.25) is 0 Å². The van der Waals surface area contributed by atoms with Gasteiger partial charge in [0.2, 0.25) is 5.89 Å². The number of amides is 1. The van der Waals surface area contributed by atoms with Crippen LogP contribution in [0.1, 0.15) is 42.1 Å². The number of hydrogen-bond acceptors (Lipinski definition) is 4. The van der Waals surface area contributed by atoms with Gasteiger partial charge in [0.25, 0.3) is 5.91 Å². The largest absolute Gasteiger partial charge is 0.487 e. The maximum absolute atomic E-state index is 12.2. The summed E-state index contributed by atoms with van der Waals surface area (Å²) in [6.07, 6.45) is 0.896. The number of ether oxygens (including phenoxy) is 1. The lowest BCUT2D eigenvalue weighted by Gasteiger charge is -2.11. The minimum atomic E-state index is -0.0727. The maximum Gasteiger partial charge on any atom is 0.251 e. The van der Waals surface area contributed by atoms with Crippen molar-refractivity contribution in [1.82, 2.24) is 10.3 Å².